The third-order valence-corrected chi connectivity index (χ3v) is 1.38. The number of hydrogen-bond donors (Lipinski definition) is 0. The molecule has 0 amide bonds. The van der Waals surface area contributed by atoms with Gasteiger partial charge in [-0.2, -0.15) is 0 Å². The monoisotopic (exact) mass is 116 g/mol. The van der Waals surface area contributed by atoms with Gasteiger partial charge in [0.25, 0.3) is 0 Å². The quantitative estimate of drug-likeness (QED) is 0.345. The topological polar surface area (TPSA) is 0 Å². The molecule has 0 saturated heterocycles. The van der Waals surface area contributed by atoms with Crippen LogP contribution in [0.25, 0.3) is 0 Å². The van der Waals surface area contributed by atoms with Crippen molar-refractivity contribution in [3.63, 3.8) is 0 Å². The van der Waals surface area contributed by atoms with Gasteiger partial charge in [-0.25, -0.2) is 0 Å². The molecule has 0 nitrogen and oxygen atoms in total. The van der Waals surface area contributed by atoms with E-state index < -0.39 is 0 Å². The molecule has 1 aromatic rings. The van der Waals surface area contributed by atoms with E-state index in [1.54, 1.807) is 0 Å². The van der Waals surface area contributed by atoms with E-state index in [1.807, 2.05) is 6.07 Å². The first-order valence-corrected chi connectivity index (χ1v) is 3.07. The Morgan fingerprint density at radius 3 is 1.57 bits per heavy atom. The second-order valence-corrected chi connectivity index (χ2v) is 2.08. The van der Waals surface area contributed by atoms with E-state index in [4.69, 9.17) is 0 Å². The first kappa shape index (κ1) is 7.57. The molecule has 0 aliphatic heterocycles. The molecule has 7 heavy (non-hydrogen) atoms. The molecule has 0 spiro atoms. The van der Waals surface area contributed by atoms with Crippen molar-refractivity contribution in [1.29, 1.82) is 0 Å². The summed E-state index contributed by atoms with van der Waals surface area (Å²) in [6.45, 7) is 0. The van der Waals surface area contributed by atoms with Crippen LogP contribution in [0.3, 0.4) is 0 Å². The van der Waals surface area contributed by atoms with Gasteiger partial charge in [-0.15, -0.1) is 12.1 Å². The summed E-state index contributed by atoms with van der Waals surface area (Å²) in [7, 11) is 0.909. The summed E-state index contributed by atoms with van der Waals surface area (Å²) in [5.74, 6) is 0. The Morgan fingerprint density at radius 1 is 0.857 bits per heavy atom. The van der Waals surface area contributed by atoms with Gasteiger partial charge in [0.2, 0.25) is 0 Å². The van der Waals surface area contributed by atoms with Crippen LogP contribution in [0.2, 0.25) is 0 Å². The van der Waals surface area contributed by atoms with Crippen molar-refractivity contribution in [1.82, 2.24) is 0 Å². The van der Waals surface area contributed by atoms with E-state index >= 15 is 0 Å². The molecule has 0 radical (unpaired) electrons. The van der Waals surface area contributed by atoms with Crippen LogP contribution in [0.4, 0.5) is 0 Å². The van der Waals surface area contributed by atoms with Gasteiger partial charge in [0.15, 0.2) is 0 Å². The Morgan fingerprint density at radius 2 is 1.43 bits per heavy atom. The van der Waals surface area contributed by atoms with Crippen LogP contribution in [0.5, 0.6) is 0 Å². The molecule has 0 saturated carbocycles. The van der Waals surface area contributed by atoms with Gasteiger partial charge < -0.3 is 9.12 Å². The van der Waals surface area contributed by atoms with E-state index in [-0.39, 0.29) is 29.6 Å². The van der Waals surface area contributed by atoms with Crippen molar-refractivity contribution in [2.75, 3.05) is 0 Å². The van der Waals surface area contributed by atoms with Crippen molar-refractivity contribution in [3.8, 4) is 0 Å². The van der Waals surface area contributed by atoms with Crippen LogP contribution in [-0.4, -0.2) is 9.12 Å². The average molecular weight is 116 g/mol. The molecule has 0 aliphatic carbocycles. The van der Waals surface area contributed by atoms with Crippen LogP contribution in [0.1, 0.15) is 0 Å². The first-order chi connectivity index (χ1) is 3.00. The maximum atomic E-state index is 2.15. The largest absolute Gasteiger partial charge is 1.00 e. The molecule has 0 fully saturated rings. The fraction of sp³-hybridized carbons (Fsp3) is 0. The van der Waals surface area contributed by atoms with Crippen LogP contribution >= 0.6 is 0 Å². The molecule has 0 bridgehead atoms. The zero-order chi connectivity index (χ0) is 4.24. The summed E-state index contributed by atoms with van der Waals surface area (Å²) in [6.07, 6.45) is 0. The molecule has 0 atom stereocenters. The number of rotatable bonds is 0. The van der Waals surface area contributed by atoms with Crippen LogP contribution < -0.4 is 29.6 Å². The SMILES string of the molecule is [Na+].c1cc[si-]cc1. The predicted molar refractivity (Wildman–Crippen MR) is 27.8 cm³/mol. The van der Waals surface area contributed by atoms with Crippen molar-refractivity contribution < 1.29 is 29.6 Å². The molecule has 1 rings (SSSR count). The molecular formula is C5H5NaSi. The van der Waals surface area contributed by atoms with Crippen molar-refractivity contribution in [2.45, 2.75) is 0 Å². The van der Waals surface area contributed by atoms with Gasteiger partial charge >= 0.3 is 29.6 Å². The second kappa shape index (κ2) is 4.72. The summed E-state index contributed by atoms with van der Waals surface area (Å²) in [5.41, 5.74) is 4.31. The van der Waals surface area contributed by atoms with Gasteiger partial charge in [0.05, 0.1) is 0 Å². The minimum Gasteiger partial charge on any atom is -0.416 e. The molecule has 0 aliphatic rings. The fourth-order valence-electron chi connectivity index (χ4n) is 0.342. The molecule has 0 unspecified atom stereocenters. The Balaban J connectivity index is 0.000000360. The maximum Gasteiger partial charge on any atom is 1.00 e. The van der Waals surface area contributed by atoms with E-state index in [1.165, 1.54) is 0 Å². The van der Waals surface area contributed by atoms with Gasteiger partial charge in [-0.1, -0.05) is 6.07 Å². The van der Waals surface area contributed by atoms with Crippen LogP contribution in [0, 0.1) is 0 Å². The van der Waals surface area contributed by atoms with Gasteiger partial charge in [0, 0.05) is 0 Å². The Kier molecular flexibility index (Phi) is 5.10. The van der Waals surface area contributed by atoms with E-state index in [9.17, 15) is 0 Å². The molecular weight excluding hydrogens is 111 g/mol. The zero-order valence-electron chi connectivity index (χ0n) is 4.39. The number of hydrogen-bond acceptors (Lipinski definition) is 0. The van der Waals surface area contributed by atoms with Gasteiger partial charge in [-0.3, -0.25) is 11.4 Å². The van der Waals surface area contributed by atoms with Crippen molar-refractivity contribution in [3.05, 3.63) is 29.6 Å². The van der Waals surface area contributed by atoms with Crippen molar-refractivity contribution in [2.24, 2.45) is 0 Å². The minimum atomic E-state index is 0. The molecule has 30 valence electrons. The molecule has 1 aromatic heterocycles. The first-order valence-electron chi connectivity index (χ1n) is 1.91. The van der Waals surface area contributed by atoms with Gasteiger partial charge in [0.1, 0.15) is 0 Å². The summed E-state index contributed by atoms with van der Waals surface area (Å²) in [4.78, 5) is 0. The van der Waals surface area contributed by atoms with E-state index in [0.717, 1.165) is 9.12 Å². The normalized spacial score (nSPS) is 6.86. The zero-order valence-corrected chi connectivity index (χ0v) is 7.39. The second-order valence-electron chi connectivity index (χ2n) is 1.08. The molecule has 1 heterocycles. The summed E-state index contributed by atoms with van der Waals surface area (Å²) < 4.78 is 0. The fourth-order valence-corrected chi connectivity index (χ4v) is 0.897. The third kappa shape index (κ3) is 3.18. The van der Waals surface area contributed by atoms with Crippen LogP contribution in [-0.2, 0) is 0 Å². The standard InChI is InChI=1S/C5H5Si.Na/c1-2-4-6-5-3-1;/h1-5H;/q-1;+1. The van der Waals surface area contributed by atoms with E-state index in [0.29, 0.717) is 0 Å². The van der Waals surface area contributed by atoms with Gasteiger partial charge in [-0.05, 0) is 0 Å². The maximum absolute atomic E-state index is 2.15. The molecule has 2 heteroatoms. The Bertz CT molecular complexity index is 80.0. The Hall–Kier alpha value is 0.567. The molecule has 0 aromatic carbocycles. The predicted octanol–water partition coefficient (Wildman–Crippen LogP) is -1.97. The van der Waals surface area contributed by atoms with Crippen LogP contribution in [0.15, 0.2) is 29.6 Å². The Labute approximate surface area is 68.0 Å². The van der Waals surface area contributed by atoms with E-state index in [2.05, 4.69) is 23.5 Å². The average Bonchev–Trinajstić information content (AvgIpc) is 1.72. The van der Waals surface area contributed by atoms with Crippen molar-refractivity contribution >= 4 is 9.12 Å². The summed E-state index contributed by atoms with van der Waals surface area (Å²) in [5, 5.41) is 0. The third-order valence-electron chi connectivity index (χ3n) is 0.607. The summed E-state index contributed by atoms with van der Waals surface area (Å²) >= 11 is 0. The smallest absolute Gasteiger partial charge is 0.416 e. The molecule has 0 N–H and O–H groups in total. The summed E-state index contributed by atoms with van der Waals surface area (Å²) in [6, 6.07) is 6.17. The minimum absolute atomic E-state index is 0.